The molecule has 1 atom stereocenters. The van der Waals surface area contributed by atoms with Crippen LogP contribution in [0.1, 0.15) is 29.8 Å². The Morgan fingerprint density at radius 2 is 1.91 bits per heavy atom. The Bertz CT molecular complexity index is 653. The highest BCUT2D eigenvalue weighted by Gasteiger charge is 2.31. The number of alkyl halides is 3. The molecule has 0 fully saturated rings. The molecule has 8 heteroatoms. The van der Waals surface area contributed by atoms with Crippen LogP contribution in [0.4, 0.5) is 13.2 Å². The summed E-state index contributed by atoms with van der Waals surface area (Å²) >= 11 is 0. The summed E-state index contributed by atoms with van der Waals surface area (Å²) in [7, 11) is 0. The minimum Gasteiger partial charge on any atom is -0.347 e. The molecule has 23 heavy (non-hydrogen) atoms. The lowest BCUT2D eigenvalue weighted by atomic mass is 10.0. The van der Waals surface area contributed by atoms with E-state index in [0.29, 0.717) is 6.54 Å². The molecule has 0 aliphatic heterocycles. The van der Waals surface area contributed by atoms with E-state index in [2.05, 4.69) is 15.5 Å². The van der Waals surface area contributed by atoms with Gasteiger partial charge in [-0.15, -0.1) is 0 Å². The highest BCUT2D eigenvalue weighted by atomic mass is 19.4. The Labute approximate surface area is 131 Å². The van der Waals surface area contributed by atoms with Gasteiger partial charge in [0.2, 0.25) is 0 Å². The first-order valence-corrected chi connectivity index (χ1v) is 7.09. The van der Waals surface area contributed by atoms with E-state index in [-0.39, 0.29) is 17.5 Å². The zero-order valence-electron chi connectivity index (χ0n) is 12.7. The van der Waals surface area contributed by atoms with E-state index in [1.807, 2.05) is 13.8 Å². The fourth-order valence-corrected chi connectivity index (χ4v) is 2.03. The predicted molar refractivity (Wildman–Crippen MR) is 77.6 cm³/mol. The van der Waals surface area contributed by atoms with Gasteiger partial charge in [-0.25, -0.2) is 0 Å². The summed E-state index contributed by atoms with van der Waals surface area (Å²) < 4.78 is 38.2. The van der Waals surface area contributed by atoms with Crippen LogP contribution in [0.3, 0.4) is 0 Å². The monoisotopic (exact) mass is 326 g/mol. The number of carbonyl (C=O) groups is 1. The number of amides is 1. The van der Waals surface area contributed by atoms with Gasteiger partial charge in [-0.3, -0.25) is 4.79 Å². The summed E-state index contributed by atoms with van der Waals surface area (Å²) in [6.07, 6.45) is -1.44. The van der Waals surface area contributed by atoms with Gasteiger partial charge in [-0.1, -0.05) is 19.9 Å². The maximum Gasteiger partial charge on any atom is 0.416 e. The Balaban J connectivity index is 2.12. The standard InChI is InChI=1S/C15H17F3N4O/c1-10(2)13(9-22-19-6-7-20-22)21-14(23)11-4-3-5-12(8-11)15(16,17)18/h3-8,10,13H,9H2,1-2H3,(H,21,23). The van der Waals surface area contributed by atoms with Crippen LogP contribution in [-0.4, -0.2) is 26.9 Å². The number of hydrogen-bond acceptors (Lipinski definition) is 3. The summed E-state index contributed by atoms with van der Waals surface area (Å²) in [5.41, 5.74) is -0.876. The van der Waals surface area contributed by atoms with Gasteiger partial charge in [0, 0.05) is 5.56 Å². The van der Waals surface area contributed by atoms with Gasteiger partial charge in [0.15, 0.2) is 0 Å². The van der Waals surface area contributed by atoms with Crippen LogP contribution >= 0.6 is 0 Å². The van der Waals surface area contributed by atoms with Crippen molar-refractivity contribution in [3.8, 4) is 0 Å². The lowest BCUT2D eigenvalue weighted by molar-refractivity contribution is -0.137. The normalized spacial score (nSPS) is 13.1. The van der Waals surface area contributed by atoms with Crippen molar-refractivity contribution in [1.82, 2.24) is 20.3 Å². The Morgan fingerprint density at radius 3 is 2.48 bits per heavy atom. The molecule has 0 saturated heterocycles. The highest BCUT2D eigenvalue weighted by Crippen LogP contribution is 2.29. The molecule has 1 aromatic heterocycles. The maximum absolute atomic E-state index is 12.7. The van der Waals surface area contributed by atoms with Crippen molar-refractivity contribution in [2.24, 2.45) is 5.92 Å². The van der Waals surface area contributed by atoms with Crippen molar-refractivity contribution >= 4 is 5.91 Å². The number of nitrogens with zero attached hydrogens (tertiary/aromatic N) is 3. The third kappa shape index (κ3) is 4.54. The molecule has 2 aromatic rings. The Hall–Kier alpha value is -2.38. The van der Waals surface area contributed by atoms with Crippen LogP contribution < -0.4 is 5.32 Å². The lowest BCUT2D eigenvalue weighted by Gasteiger charge is -2.22. The van der Waals surface area contributed by atoms with E-state index in [1.165, 1.54) is 29.3 Å². The van der Waals surface area contributed by atoms with Gasteiger partial charge in [0.05, 0.1) is 30.5 Å². The zero-order valence-corrected chi connectivity index (χ0v) is 12.7. The zero-order chi connectivity index (χ0) is 17.0. The van der Waals surface area contributed by atoms with Gasteiger partial charge in [0.1, 0.15) is 0 Å². The smallest absolute Gasteiger partial charge is 0.347 e. The topological polar surface area (TPSA) is 59.8 Å². The second kappa shape index (κ2) is 6.80. The molecule has 0 aliphatic carbocycles. The first-order valence-electron chi connectivity index (χ1n) is 7.09. The summed E-state index contributed by atoms with van der Waals surface area (Å²) in [4.78, 5) is 13.7. The summed E-state index contributed by atoms with van der Waals surface area (Å²) in [6, 6.07) is 4.05. The average Bonchev–Trinajstić information content (AvgIpc) is 2.98. The molecule has 1 amide bonds. The molecule has 0 saturated carbocycles. The minimum absolute atomic E-state index is 0.0288. The van der Waals surface area contributed by atoms with Crippen molar-refractivity contribution in [2.75, 3.05) is 0 Å². The van der Waals surface area contributed by atoms with Crippen molar-refractivity contribution < 1.29 is 18.0 Å². The van der Waals surface area contributed by atoms with Crippen molar-refractivity contribution in [3.63, 3.8) is 0 Å². The van der Waals surface area contributed by atoms with E-state index < -0.39 is 17.6 Å². The third-order valence-electron chi connectivity index (χ3n) is 3.40. The SMILES string of the molecule is CC(C)C(Cn1nccn1)NC(=O)c1cccc(C(F)(F)F)c1. The van der Waals surface area contributed by atoms with E-state index in [9.17, 15) is 18.0 Å². The molecule has 0 spiro atoms. The molecule has 5 nitrogen and oxygen atoms in total. The molecular weight excluding hydrogens is 309 g/mol. The fraction of sp³-hybridized carbons (Fsp3) is 0.400. The number of hydrogen-bond donors (Lipinski definition) is 1. The second-order valence-corrected chi connectivity index (χ2v) is 5.49. The van der Waals surface area contributed by atoms with Gasteiger partial charge >= 0.3 is 6.18 Å². The van der Waals surface area contributed by atoms with Crippen LogP contribution in [0, 0.1) is 5.92 Å². The number of nitrogens with one attached hydrogen (secondary N) is 1. The highest BCUT2D eigenvalue weighted by molar-refractivity contribution is 5.94. The number of carbonyl (C=O) groups excluding carboxylic acids is 1. The molecule has 0 aliphatic rings. The number of benzene rings is 1. The number of rotatable bonds is 5. The van der Waals surface area contributed by atoms with Gasteiger partial charge in [-0.05, 0) is 24.1 Å². The van der Waals surface area contributed by atoms with Crippen LogP contribution in [0.2, 0.25) is 0 Å². The Morgan fingerprint density at radius 1 is 1.26 bits per heavy atom. The molecule has 1 unspecified atom stereocenters. The molecule has 1 heterocycles. The number of aromatic nitrogens is 3. The van der Waals surface area contributed by atoms with Crippen LogP contribution in [-0.2, 0) is 12.7 Å². The van der Waals surface area contributed by atoms with Crippen LogP contribution in [0.15, 0.2) is 36.7 Å². The summed E-state index contributed by atoms with van der Waals surface area (Å²) in [5, 5.41) is 10.7. The molecule has 124 valence electrons. The molecule has 0 radical (unpaired) electrons. The molecule has 2 rings (SSSR count). The summed E-state index contributed by atoms with van der Waals surface area (Å²) in [6.45, 7) is 4.15. The first-order chi connectivity index (χ1) is 10.8. The minimum atomic E-state index is -4.48. The lowest BCUT2D eigenvalue weighted by Crippen LogP contribution is -2.42. The van der Waals surface area contributed by atoms with Gasteiger partial charge < -0.3 is 5.32 Å². The quantitative estimate of drug-likeness (QED) is 0.919. The summed E-state index contributed by atoms with van der Waals surface area (Å²) in [5.74, 6) is -0.488. The Kier molecular flexibility index (Phi) is 5.02. The molecular formula is C15H17F3N4O. The van der Waals surface area contributed by atoms with Gasteiger partial charge in [-0.2, -0.15) is 28.2 Å². The van der Waals surface area contributed by atoms with Gasteiger partial charge in [0.25, 0.3) is 5.91 Å². The fourth-order valence-electron chi connectivity index (χ4n) is 2.03. The third-order valence-corrected chi connectivity index (χ3v) is 3.40. The van der Waals surface area contributed by atoms with E-state index in [0.717, 1.165) is 12.1 Å². The largest absolute Gasteiger partial charge is 0.416 e. The van der Waals surface area contributed by atoms with Crippen molar-refractivity contribution in [1.29, 1.82) is 0 Å². The van der Waals surface area contributed by atoms with Crippen LogP contribution in [0.25, 0.3) is 0 Å². The van der Waals surface area contributed by atoms with Crippen molar-refractivity contribution in [2.45, 2.75) is 32.6 Å². The maximum atomic E-state index is 12.7. The second-order valence-electron chi connectivity index (χ2n) is 5.49. The average molecular weight is 326 g/mol. The molecule has 1 N–H and O–H groups in total. The molecule has 1 aromatic carbocycles. The molecule has 0 bridgehead atoms. The van der Waals surface area contributed by atoms with E-state index in [1.54, 1.807) is 0 Å². The van der Waals surface area contributed by atoms with Crippen LogP contribution in [0.5, 0.6) is 0 Å². The first kappa shape index (κ1) is 17.0. The van der Waals surface area contributed by atoms with E-state index in [4.69, 9.17) is 0 Å². The van der Waals surface area contributed by atoms with E-state index >= 15 is 0 Å². The number of halogens is 3. The predicted octanol–water partition coefficient (Wildman–Crippen LogP) is 2.75. The van der Waals surface area contributed by atoms with Crippen molar-refractivity contribution in [3.05, 3.63) is 47.8 Å².